The van der Waals surface area contributed by atoms with E-state index in [-0.39, 0.29) is 5.69 Å². The number of nitro groups is 1. The Kier molecular flexibility index (Phi) is 5.58. The van der Waals surface area contributed by atoms with Crippen LogP contribution in [0, 0.1) is 21.4 Å². The van der Waals surface area contributed by atoms with Crippen LogP contribution in [0.25, 0.3) is 11.6 Å². The van der Waals surface area contributed by atoms with Gasteiger partial charge in [-0.1, -0.05) is 0 Å². The second-order valence-corrected chi connectivity index (χ2v) is 4.90. The SMILES string of the molecule is COc1ccc(/C=C(\C#N)c2ccc([N+](=O)[O-])cc2)c(OC)c1OC. The Morgan fingerprint density at radius 2 is 1.68 bits per heavy atom. The molecule has 0 aromatic heterocycles. The molecule has 0 saturated carbocycles. The van der Waals surface area contributed by atoms with Crippen LogP contribution in [0.3, 0.4) is 0 Å². The number of allylic oxidation sites excluding steroid dienone is 1. The van der Waals surface area contributed by atoms with Crippen LogP contribution in [0.15, 0.2) is 36.4 Å². The third kappa shape index (κ3) is 3.70. The molecule has 0 unspecified atom stereocenters. The molecule has 0 N–H and O–H groups in total. The van der Waals surface area contributed by atoms with Gasteiger partial charge in [0.25, 0.3) is 5.69 Å². The average molecular weight is 340 g/mol. The van der Waals surface area contributed by atoms with Gasteiger partial charge in [0.05, 0.1) is 37.9 Å². The number of ether oxygens (including phenoxy) is 3. The summed E-state index contributed by atoms with van der Waals surface area (Å²) in [5.41, 5.74) is 1.48. The maximum Gasteiger partial charge on any atom is 0.269 e. The molecule has 128 valence electrons. The van der Waals surface area contributed by atoms with E-state index in [4.69, 9.17) is 14.2 Å². The highest BCUT2D eigenvalue weighted by Crippen LogP contribution is 2.41. The fraction of sp³-hybridized carbons (Fsp3) is 0.167. The zero-order valence-electron chi connectivity index (χ0n) is 14.0. The molecule has 0 atom stereocenters. The van der Waals surface area contributed by atoms with Gasteiger partial charge < -0.3 is 14.2 Å². The summed E-state index contributed by atoms with van der Waals surface area (Å²) >= 11 is 0. The van der Waals surface area contributed by atoms with Crippen LogP contribution < -0.4 is 14.2 Å². The number of non-ortho nitro benzene ring substituents is 1. The summed E-state index contributed by atoms with van der Waals surface area (Å²) in [6.07, 6.45) is 1.63. The summed E-state index contributed by atoms with van der Waals surface area (Å²) in [7, 11) is 4.51. The summed E-state index contributed by atoms with van der Waals surface area (Å²) in [5, 5.41) is 20.2. The van der Waals surface area contributed by atoms with E-state index in [0.29, 0.717) is 33.9 Å². The summed E-state index contributed by atoms with van der Waals surface area (Å²) in [5.74, 6) is 1.35. The van der Waals surface area contributed by atoms with Crippen molar-refractivity contribution in [3.63, 3.8) is 0 Å². The lowest BCUT2D eigenvalue weighted by atomic mass is 10.0. The molecule has 0 aliphatic heterocycles. The van der Waals surface area contributed by atoms with Crippen molar-refractivity contribution in [1.29, 1.82) is 5.26 Å². The minimum Gasteiger partial charge on any atom is -0.493 e. The molecule has 0 saturated heterocycles. The second-order valence-electron chi connectivity index (χ2n) is 4.90. The molecule has 2 aromatic rings. The zero-order valence-corrected chi connectivity index (χ0v) is 14.0. The normalized spacial score (nSPS) is 10.7. The number of benzene rings is 2. The second kappa shape index (κ2) is 7.84. The van der Waals surface area contributed by atoms with Gasteiger partial charge in [0.1, 0.15) is 0 Å². The molecule has 0 amide bonds. The highest BCUT2D eigenvalue weighted by Gasteiger charge is 2.15. The van der Waals surface area contributed by atoms with Crippen molar-refractivity contribution in [3.8, 4) is 23.3 Å². The van der Waals surface area contributed by atoms with Gasteiger partial charge in [-0.2, -0.15) is 5.26 Å². The first-order valence-electron chi connectivity index (χ1n) is 7.21. The van der Waals surface area contributed by atoms with Crippen molar-refractivity contribution in [2.24, 2.45) is 0 Å². The quantitative estimate of drug-likeness (QED) is 0.344. The molecule has 2 rings (SSSR count). The molecule has 7 heteroatoms. The molecule has 0 heterocycles. The third-order valence-electron chi connectivity index (χ3n) is 3.54. The Balaban J connectivity index is 2.53. The number of rotatable bonds is 6. The first-order valence-corrected chi connectivity index (χ1v) is 7.21. The van der Waals surface area contributed by atoms with Crippen molar-refractivity contribution in [2.45, 2.75) is 0 Å². The average Bonchev–Trinajstić information content (AvgIpc) is 2.65. The van der Waals surface area contributed by atoms with E-state index in [1.807, 2.05) is 0 Å². The summed E-state index contributed by atoms with van der Waals surface area (Å²) < 4.78 is 15.9. The first-order chi connectivity index (χ1) is 12.0. The maximum atomic E-state index is 10.7. The van der Waals surface area contributed by atoms with Crippen LogP contribution in [0.2, 0.25) is 0 Å². The van der Waals surface area contributed by atoms with Gasteiger partial charge in [0, 0.05) is 17.7 Å². The summed E-state index contributed by atoms with van der Waals surface area (Å²) in [6.45, 7) is 0. The lowest BCUT2D eigenvalue weighted by Gasteiger charge is -2.14. The van der Waals surface area contributed by atoms with Gasteiger partial charge in [0.2, 0.25) is 5.75 Å². The van der Waals surface area contributed by atoms with Crippen LogP contribution in [-0.2, 0) is 0 Å². The molecular formula is C18H16N2O5. The van der Waals surface area contributed by atoms with E-state index >= 15 is 0 Å². The maximum absolute atomic E-state index is 10.7. The van der Waals surface area contributed by atoms with Crippen LogP contribution in [-0.4, -0.2) is 26.3 Å². The highest BCUT2D eigenvalue weighted by atomic mass is 16.6. The lowest BCUT2D eigenvalue weighted by molar-refractivity contribution is -0.384. The fourth-order valence-corrected chi connectivity index (χ4v) is 2.34. The van der Waals surface area contributed by atoms with E-state index in [9.17, 15) is 15.4 Å². The van der Waals surface area contributed by atoms with E-state index in [1.54, 1.807) is 18.2 Å². The summed E-state index contributed by atoms with van der Waals surface area (Å²) in [6, 6.07) is 11.3. The van der Waals surface area contributed by atoms with Crippen molar-refractivity contribution < 1.29 is 19.1 Å². The van der Waals surface area contributed by atoms with Crippen LogP contribution in [0.5, 0.6) is 17.2 Å². The van der Waals surface area contributed by atoms with Crippen molar-refractivity contribution in [2.75, 3.05) is 21.3 Å². The Bertz CT molecular complexity index is 851. The number of methoxy groups -OCH3 is 3. The van der Waals surface area contributed by atoms with E-state index in [2.05, 4.69) is 6.07 Å². The Morgan fingerprint density at radius 1 is 1.04 bits per heavy atom. The number of hydrogen-bond donors (Lipinski definition) is 0. The monoisotopic (exact) mass is 340 g/mol. The zero-order chi connectivity index (χ0) is 18.4. The van der Waals surface area contributed by atoms with Gasteiger partial charge in [-0.15, -0.1) is 0 Å². The molecular weight excluding hydrogens is 324 g/mol. The molecule has 0 aliphatic carbocycles. The number of nitro benzene ring substituents is 1. The number of hydrogen-bond acceptors (Lipinski definition) is 6. The lowest BCUT2D eigenvalue weighted by Crippen LogP contribution is -1.97. The predicted molar refractivity (Wildman–Crippen MR) is 92.7 cm³/mol. The van der Waals surface area contributed by atoms with Crippen molar-refractivity contribution in [3.05, 3.63) is 57.6 Å². The standard InChI is InChI=1S/C18H16N2O5/c1-23-16-9-6-13(17(24-2)18(16)25-3)10-14(11-19)12-4-7-15(8-5-12)20(21)22/h4-10H,1-3H3/b14-10+. The molecule has 0 aliphatic rings. The van der Waals surface area contributed by atoms with Crippen LogP contribution in [0.1, 0.15) is 11.1 Å². The topological polar surface area (TPSA) is 94.6 Å². The predicted octanol–water partition coefficient (Wildman–Crippen LogP) is 3.68. The summed E-state index contributed by atoms with van der Waals surface area (Å²) in [4.78, 5) is 10.3. The number of nitriles is 1. The molecule has 2 aromatic carbocycles. The molecule has 0 radical (unpaired) electrons. The number of nitrogens with zero attached hydrogens (tertiary/aromatic N) is 2. The van der Waals surface area contributed by atoms with Gasteiger partial charge in [0.15, 0.2) is 11.5 Å². The molecule has 0 bridgehead atoms. The molecule has 0 fully saturated rings. The van der Waals surface area contributed by atoms with Gasteiger partial charge >= 0.3 is 0 Å². The molecule has 25 heavy (non-hydrogen) atoms. The van der Waals surface area contributed by atoms with Crippen LogP contribution in [0.4, 0.5) is 5.69 Å². The van der Waals surface area contributed by atoms with Crippen molar-refractivity contribution in [1.82, 2.24) is 0 Å². The van der Waals surface area contributed by atoms with E-state index in [1.165, 1.54) is 45.6 Å². The molecule has 7 nitrogen and oxygen atoms in total. The largest absolute Gasteiger partial charge is 0.493 e. The van der Waals surface area contributed by atoms with Gasteiger partial charge in [-0.25, -0.2) is 0 Å². The van der Waals surface area contributed by atoms with Gasteiger partial charge in [-0.3, -0.25) is 10.1 Å². The Labute approximate surface area is 144 Å². The smallest absolute Gasteiger partial charge is 0.269 e. The van der Waals surface area contributed by atoms with E-state index < -0.39 is 4.92 Å². The fourth-order valence-electron chi connectivity index (χ4n) is 2.34. The third-order valence-corrected chi connectivity index (χ3v) is 3.54. The minimum absolute atomic E-state index is 0.0373. The minimum atomic E-state index is -0.489. The molecule has 0 spiro atoms. The van der Waals surface area contributed by atoms with Crippen molar-refractivity contribution >= 4 is 17.3 Å². The van der Waals surface area contributed by atoms with E-state index in [0.717, 1.165) is 0 Å². The van der Waals surface area contributed by atoms with Crippen LogP contribution >= 0.6 is 0 Å². The highest BCUT2D eigenvalue weighted by molar-refractivity contribution is 5.91. The van der Waals surface area contributed by atoms with Gasteiger partial charge in [-0.05, 0) is 35.9 Å². The Morgan fingerprint density at radius 3 is 2.16 bits per heavy atom. The Hall–Kier alpha value is -3.53. The first kappa shape index (κ1) is 17.8.